The van der Waals surface area contributed by atoms with Crippen molar-refractivity contribution in [3.05, 3.63) is 48.3 Å². The first-order valence-corrected chi connectivity index (χ1v) is 7.31. The molecule has 2 aromatic carbocycles. The van der Waals surface area contributed by atoms with Crippen molar-refractivity contribution in [3.63, 3.8) is 0 Å². The van der Waals surface area contributed by atoms with E-state index >= 15 is 0 Å². The van der Waals surface area contributed by atoms with E-state index in [-0.39, 0.29) is 18.3 Å². The van der Waals surface area contributed by atoms with Crippen LogP contribution in [0, 0.1) is 5.82 Å². The van der Waals surface area contributed by atoms with Gasteiger partial charge < -0.3 is 20.1 Å². The van der Waals surface area contributed by atoms with Gasteiger partial charge in [-0.3, -0.25) is 9.59 Å². The monoisotopic (exact) mass is 330 g/mol. The van der Waals surface area contributed by atoms with Crippen molar-refractivity contribution < 1.29 is 23.5 Å². The lowest BCUT2D eigenvalue weighted by Gasteiger charge is -2.23. The molecule has 124 valence electrons. The number of benzene rings is 2. The molecule has 1 aliphatic heterocycles. The smallest absolute Gasteiger partial charge is 0.265 e. The standard InChI is InChI=1S/C17H15FN2O4/c1-10-17(22)20-13-8-11(6-7-15(13)24-10)19-16(21)9-23-14-5-3-2-4-12(14)18/h2-8,10H,9H2,1H3,(H,19,21)(H,20,22)/t10-/m1/s1. The van der Waals surface area contributed by atoms with Gasteiger partial charge in [0.15, 0.2) is 24.3 Å². The summed E-state index contributed by atoms with van der Waals surface area (Å²) in [6.45, 7) is 1.31. The second-order valence-electron chi connectivity index (χ2n) is 5.23. The molecule has 1 aliphatic rings. The predicted molar refractivity (Wildman–Crippen MR) is 85.7 cm³/mol. The van der Waals surface area contributed by atoms with Crippen LogP contribution in [0.5, 0.6) is 11.5 Å². The average molecular weight is 330 g/mol. The SMILES string of the molecule is C[C@H]1Oc2ccc(NC(=O)COc3ccccc3F)cc2NC1=O. The minimum atomic E-state index is -0.563. The lowest BCUT2D eigenvalue weighted by atomic mass is 10.2. The van der Waals surface area contributed by atoms with E-state index in [0.717, 1.165) is 0 Å². The highest BCUT2D eigenvalue weighted by atomic mass is 19.1. The summed E-state index contributed by atoms with van der Waals surface area (Å²) >= 11 is 0. The van der Waals surface area contributed by atoms with Crippen LogP contribution in [-0.2, 0) is 9.59 Å². The molecule has 1 atom stereocenters. The first-order valence-electron chi connectivity index (χ1n) is 7.31. The molecule has 0 saturated heterocycles. The first-order chi connectivity index (χ1) is 11.5. The third-order valence-electron chi connectivity index (χ3n) is 3.39. The third kappa shape index (κ3) is 3.45. The molecule has 24 heavy (non-hydrogen) atoms. The van der Waals surface area contributed by atoms with E-state index < -0.39 is 17.8 Å². The van der Waals surface area contributed by atoms with Crippen molar-refractivity contribution in [2.45, 2.75) is 13.0 Å². The maximum absolute atomic E-state index is 13.4. The number of halogens is 1. The van der Waals surface area contributed by atoms with E-state index in [2.05, 4.69) is 10.6 Å². The van der Waals surface area contributed by atoms with Gasteiger partial charge in [-0.05, 0) is 37.3 Å². The van der Waals surface area contributed by atoms with Gasteiger partial charge in [0.2, 0.25) is 0 Å². The number of rotatable bonds is 4. The van der Waals surface area contributed by atoms with Crippen molar-refractivity contribution in [1.29, 1.82) is 0 Å². The van der Waals surface area contributed by atoms with E-state index in [1.165, 1.54) is 18.2 Å². The highest BCUT2D eigenvalue weighted by Gasteiger charge is 2.23. The van der Waals surface area contributed by atoms with Crippen molar-refractivity contribution in [2.75, 3.05) is 17.2 Å². The minimum absolute atomic E-state index is 0.00717. The van der Waals surface area contributed by atoms with Gasteiger partial charge in [-0.15, -0.1) is 0 Å². The molecular weight excluding hydrogens is 315 g/mol. The summed E-state index contributed by atoms with van der Waals surface area (Å²) in [7, 11) is 0. The maximum Gasteiger partial charge on any atom is 0.265 e. The highest BCUT2D eigenvalue weighted by Crippen LogP contribution is 2.32. The Morgan fingerprint density at radius 2 is 2.12 bits per heavy atom. The van der Waals surface area contributed by atoms with Gasteiger partial charge in [0.25, 0.3) is 11.8 Å². The number of nitrogens with one attached hydrogen (secondary N) is 2. The average Bonchev–Trinajstić information content (AvgIpc) is 2.55. The molecule has 0 fully saturated rings. The van der Waals surface area contributed by atoms with Crippen molar-refractivity contribution >= 4 is 23.2 Å². The summed E-state index contributed by atoms with van der Waals surface area (Å²) < 4.78 is 24.0. The molecule has 7 heteroatoms. The van der Waals surface area contributed by atoms with Gasteiger partial charge in [-0.2, -0.15) is 0 Å². The number of anilines is 2. The fourth-order valence-electron chi connectivity index (χ4n) is 2.19. The van der Waals surface area contributed by atoms with Crippen molar-refractivity contribution in [2.24, 2.45) is 0 Å². The van der Waals surface area contributed by atoms with Crippen LogP contribution in [0.3, 0.4) is 0 Å². The van der Waals surface area contributed by atoms with E-state index in [1.807, 2.05) is 0 Å². The lowest BCUT2D eigenvalue weighted by Crippen LogP contribution is -2.34. The fraction of sp³-hybridized carbons (Fsp3) is 0.176. The van der Waals surface area contributed by atoms with E-state index in [0.29, 0.717) is 17.1 Å². The van der Waals surface area contributed by atoms with Gasteiger partial charge in [-0.1, -0.05) is 12.1 Å². The molecule has 0 bridgehead atoms. The number of ether oxygens (including phenoxy) is 2. The number of para-hydroxylation sites is 1. The summed E-state index contributed by atoms with van der Waals surface area (Å²) in [6.07, 6.45) is -0.563. The molecule has 2 N–H and O–H groups in total. The quantitative estimate of drug-likeness (QED) is 0.903. The summed E-state index contributed by atoms with van der Waals surface area (Å²) in [5.74, 6) is -0.702. The van der Waals surface area contributed by atoms with Gasteiger partial charge in [-0.25, -0.2) is 4.39 Å². The summed E-state index contributed by atoms with van der Waals surface area (Å²) in [4.78, 5) is 23.5. The molecule has 0 unspecified atom stereocenters. The van der Waals surface area contributed by atoms with Crippen LogP contribution >= 0.6 is 0 Å². The Bertz CT molecular complexity index is 794. The van der Waals surface area contributed by atoms with Crippen LogP contribution in [0.4, 0.5) is 15.8 Å². The minimum Gasteiger partial charge on any atom is -0.481 e. The molecule has 3 rings (SSSR count). The molecule has 0 aliphatic carbocycles. The highest BCUT2D eigenvalue weighted by molar-refractivity contribution is 5.99. The largest absolute Gasteiger partial charge is 0.481 e. The van der Waals surface area contributed by atoms with Gasteiger partial charge in [0.1, 0.15) is 5.75 Å². The Labute approximate surface area is 137 Å². The van der Waals surface area contributed by atoms with Crippen molar-refractivity contribution in [3.8, 4) is 11.5 Å². The summed E-state index contributed by atoms with van der Waals surface area (Å²) in [6, 6.07) is 10.7. The van der Waals surface area contributed by atoms with Gasteiger partial charge >= 0.3 is 0 Å². The number of hydrogen-bond donors (Lipinski definition) is 2. The predicted octanol–water partition coefficient (Wildman–Crippen LogP) is 2.56. The zero-order chi connectivity index (χ0) is 17.1. The van der Waals surface area contributed by atoms with Crippen molar-refractivity contribution in [1.82, 2.24) is 0 Å². The third-order valence-corrected chi connectivity index (χ3v) is 3.39. The molecule has 2 amide bonds. The number of fused-ring (bicyclic) bond motifs is 1. The zero-order valence-corrected chi connectivity index (χ0v) is 12.8. The summed E-state index contributed by atoms with van der Waals surface area (Å²) in [5.41, 5.74) is 0.945. The Kier molecular flexibility index (Phi) is 4.33. The first kappa shape index (κ1) is 15.8. The van der Waals surface area contributed by atoms with Crippen LogP contribution in [0.15, 0.2) is 42.5 Å². The number of amides is 2. The second kappa shape index (κ2) is 6.57. The fourth-order valence-corrected chi connectivity index (χ4v) is 2.19. The Morgan fingerprint density at radius 1 is 1.33 bits per heavy atom. The van der Waals surface area contributed by atoms with E-state index in [1.54, 1.807) is 31.2 Å². The normalized spacial score (nSPS) is 15.8. The maximum atomic E-state index is 13.4. The number of hydrogen-bond acceptors (Lipinski definition) is 4. The van der Waals surface area contributed by atoms with E-state index in [4.69, 9.17) is 9.47 Å². The van der Waals surface area contributed by atoms with Crippen LogP contribution in [0.25, 0.3) is 0 Å². The molecule has 6 nitrogen and oxygen atoms in total. The molecular formula is C17H15FN2O4. The van der Waals surface area contributed by atoms with Crippen LogP contribution in [-0.4, -0.2) is 24.5 Å². The molecule has 0 spiro atoms. The van der Waals surface area contributed by atoms with E-state index in [9.17, 15) is 14.0 Å². The Hall–Kier alpha value is -3.09. The second-order valence-corrected chi connectivity index (χ2v) is 5.23. The van der Waals surface area contributed by atoms with Crippen LogP contribution in [0.2, 0.25) is 0 Å². The molecule has 0 saturated carbocycles. The summed E-state index contributed by atoms with van der Waals surface area (Å²) in [5, 5.41) is 5.31. The molecule has 2 aromatic rings. The molecule has 1 heterocycles. The van der Waals surface area contributed by atoms with Crippen LogP contribution in [0.1, 0.15) is 6.92 Å². The van der Waals surface area contributed by atoms with Gasteiger partial charge in [0.05, 0.1) is 5.69 Å². The number of carbonyl (C=O) groups is 2. The van der Waals surface area contributed by atoms with Gasteiger partial charge in [0, 0.05) is 5.69 Å². The Morgan fingerprint density at radius 3 is 2.92 bits per heavy atom. The Balaban J connectivity index is 1.62. The topological polar surface area (TPSA) is 76.7 Å². The zero-order valence-electron chi connectivity index (χ0n) is 12.8. The van der Waals surface area contributed by atoms with Crippen LogP contribution < -0.4 is 20.1 Å². The number of carbonyl (C=O) groups excluding carboxylic acids is 2. The lowest BCUT2D eigenvalue weighted by molar-refractivity contribution is -0.122. The molecule has 0 aromatic heterocycles. The molecule has 0 radical (unpaired) electrons.